The summed E-state index contributed by atoms with van der Waals surface area (Å²) >= 11 is 3.75. The van der Waals surface area contributed by atoms with Crippen molar-refractivity contribution in [3.05, 3.63) is 101 Å². The van der Waals surface area contributed by atoms with Crippen molar-refractivity contribution in [1.82, 2.24) is 0 Å². The molecule has 0 amide bonds. The quantitative estimate of drug-likeness (QED) is 0.209. The molecule has 4 aromatic carbocycles. The van der Waals surface area contributed by atoms with Crippen molar-refractivity contribution in [2.75, 3.05) is 13.9 Å². The molecule has 2 nitrogen and oxygen atoms in total. The molecule has 0 aliphatic carbocycles. The third-order valence-corrected chi connectivity index (χ3v) is 9.10. The number of ether oxygens (including phenoxy) is 2. The fourth-order valence-corrected chi connectivity index (χ4v) is 7.68. The predicted octanol–water partition coefficient (Wildman–Crippen LogP) is 9.72. The molecule has 0 unspecified atom stereocenters. The SMILES string of the molecule is COCOc1ccc2ccccc2c1-c1c(-c2c(C)sc(-c3ccccc3)c2C)sc2ccccc12. The lowest BCUT2D eigenvalue weighted by atomic mass is 9.92. The Kier molecular flexibility index (Phi) is 6.10. The van der Waals surface area contributed by atoms with Gasteiger partial charge in [-0.25, -0.2) is 0 Å². The molecule has 0 N–H and O–H groups in total. The van der Waals surface area contributed by atoms with E-state index in [0.717, 1.165) is 11.3 Å². The first-order valence-corrected chi connectivity index (χ1v) is 13.6. The Morgan fingerprint density at radius 3 is 2.17 bits per heavy atom. The molecule has 6 aromatic rings. The standard InChI is InChI=1S/C32H26O2S2/c1-20-28(21(2)35-31(20)23-12-5-4-6-13-23)32-30(25-15-9-10-16-27(25)36-32)29-24-14-8-7-11-22(24)17-18-26(29)34-19-33-3/h4-18H,19H2,1-3H3. The van der Waals surface area contributed by atoms with Crippen LogP contribution in [0.4, 0.5) is 0 Å². The molecule has 4 heteroatoms. The zero-order chi connectivity index (χ0) is 24.6. The molecular formula is C32H26O2S2. The second kappa shape index (κ2) is 9.55. The fraction of sp³-hybridized carbons (Fsp3) is 0.125. The van der Waals surface area contributed by atoms with Crippen LogP contribution in [0.25, 0.3) is 52.9 Å². The largest absolute Gasteiger partial charge is 0.467 e. The van der Waals surface area contributed by atoms with Crippen molar-refractivity contribution in [3.8, 4) is 37.8 Å². The van der Waals surface area contributed by atoms with Crippen LogP contribution in [0.1, 0.15) is 10.4 Å². The van der Waals surface area contributed by atoms with Crippen LogP contribution >= 0.6 is 22.7 Å². The van der Waals surface area contributed by atoms with Gasteiger partial charge in [0.05, 0.1) is 0 Å². The smallest absolute Gasteiger partial charge is 0.188 e. The molecule has 0 saturated carbocycles. The Hall–Kier alpha value is -3.44. The first-order chi connectivity index (χ1) is 17.7. The topological polar surface area (TPSA) is 18.5 Å². The van der Waals surface area contributed by atoms with Gasteiger partial charge in [-0.3, -0.25) is 0 Å². The summed E-state index contributed by atoms with van der Waals surface area (Å²) in [6.45, 7) is 4.72. The Bertz CT molecular complexity index is 1690. The first kappa shape index (κ1) is 23.0. The Morgan fingerprint density at radius 2 is 1.36 bits per heavy atom. The van der Waals surface area contributed by atoms with E-state index in [0.29, 0.717) is 0 Å². The van der Waals surface area contributed by atoms with E-state index >= 15 is 0 Å². The number of aryl methyl sites for hydroxylation is 1. The average Bonchev–Trinajstić information content (AvgIpc) is 3.43. The molecule has 0 fully saturated rings. The van der Waals surface area contributed by atoms with Gasteiger partial charge in [-0.15, -0.1) is 22.7 Å². The lowest BCUT2D eigenvalue weighted by molar-refractivity contribution is 0.0516. The van der Waals surface area contributed by atoms with Crippen molar-refractivity contribution < 1.29 is 9.47 Å². The van der Waals surface area contributed by atoms with E-state index in [1.807, 2.05) is 22.7 Å². The molecule has 0 aliphatic heterocycles. The van der Waals surface area contributed by atoms with Gasteiger partial charge in [-0.05, 0) is 47.9 Å². The second-order valence-corrected chi connectivity index (χ2v) is 11.1. The maximum Gasteiger partial charge on any atom is 0.188 e. The van der Waals surface area contributed by atoms with E-state index in [2.05, 4.69) is 105 Å². The van der Waals surface area contributed by atoms with Crippen LogP contribution in [-0.2, 0) is 4.74 Å². The summed E-state index contributed by atoms with van der Waals surface area (Å²) in [4.78, 5) is 3.96. The average molecular weight is 507 g/mol. The van der Waals surface area contributed by atoms with Gasteiger partial charge in [-0.2, -0.15) is 0 Å². The number of hydrogen-bond acceptors (Lipinski definition) is 4. The molecule has 0 atom stereocenters. The van der Waals surface area contributed by atoms with Crippen LogP contribution in [0.15, 0.2) is 91.0 Å². The zero-order valence-electron chi connectivity index (χ0n) is 20.5. The Labute approximate surface area is 219 Å². The Balaban J connectivity index is 1.69. The van der Waals surface area contributed by atoms with Gasteiger partial charge in [0.1, 0.15) is 5.75 Å². The minimum atomic E-state index is 0.206. The maximum absolute atomic E-state index is 6.18. The number of fused-ring (bicyclic) bond motifs is 2. The van der Waals surface area contributed by atoms with Crippen molar-refractivity contribution in [2.24, 2.45) is 0 Å². The van der Waals surface area contributed by atoms with Crippen LogP contribution in [0.2, 0.25) is 0 Å². The number of hydrogen-bond donors (Lipinski definition) is 0. The molecular weight excluding hydrogens is 480 g/mol. The van der Waals surface area contributed by atoms with Crippen molar-refractivity contribution in [1.29, 1.82) is 0 Å². The summed E-state index contributed by atoms with van der Waals surface area (Å²) in [5, 5.41) is 3.63. The van der Waals surface area contributed by atoms with Gasteiger partial charge in [-0.1, -0.05) is 78.9 Å². The fourth-order valence-electron chi connectivity index (χ4n) is 5.08. The summed E-state index contributed by atoms with van der Waals surface area (Å²) in [6, 6.07) is 32.2. The van der Waals surface area contributed by atoms with Crippen molar-refractivity contribution in [2.45, 2.75) is 13.8 Å². The molecule has 0 spiro atoms. The monoisotopic (exact) mass is 506 g/mol. The molecule has 0 bridgehead atoms. The van der Waals surface area contributed by atoms with Gasteiger partial charge in [0.15, 0.2) is 6.79 Å². The van der Waals surface area contributed by atoms with E-state index in [1.54, 1.807) is 7.11 Å². The normalized spacial score (nSPS) is 11.4. The Morgan fingerprint density at radius 1 is 0.639 bits per heavy atom. The molecule has 0 aliphatic rings. The van der Waals surface area contributed by atoms with Crippen LogP contribution in [0, 0.1) is 13.8 Å². The summed E-state index contributed by atoms with van der Waals surface area (Å²) in [6.07, 6.45) is 0. The first-order valence-electron chi connectivity index (χ1n) is 12.0. The lowest BCUT2D eigenvalue weighted by Gasteiger charge is -2.16. The third kappa shape index (κ3) is 3.82. The minimum Gasteiger partial charge on any atom is -0.467 e. The van der Waals surface area contributed by atoms with E-state index in [4.69, 9.17) is 9.47 Å². The maximum atomic E-state index is 6.18. The highest BCUT2D eigenvalue weighted by Crippen LogP contribution is 2.53. The summed E-state index contributed by atoms with van der Waals surface area (Å²) < 4.78 is 12.8. The number of rotatable bonds is 6. The lowest BCUT2D eigenvalue weighted by Crippen LogP contribution is -2.01. The van der Waals surface area contributed by atoms with E-state index in [1.165, 1.54) is 57.7 Å². The second-order valence-electron chi connectivity index (χ2n) is 8.87. The van der Waals surface area contributed by atoms with Gasteiger partial charge in [0.25, 0.3) is 0 Å². The highest BCUT2D eigenvalue weighted by Gasteiger charge is 2.25. The summed E-state index contributed by atoms with van der Waals surface area (Å²) in [7, 11) is 1.66. The highest BCUT2D eigenvalue weighted by molar-refractivity contribution is 7.23. The minimum absolute atomic E-state index is 0.206. The van der Waals surface area contributed by atoms with Crippen LogP contribution in [0.5, 0.6) is 5.75 Å². The van der Waals surface area contributed by atoms with Crippen LogP contribution < -0.4 is 4.74 Å². The van der Waals surface area contributed by atoms with Gasteiger partial charge in [0.2, 0.25) is 0 Å². The number of methoxy groups -OCH3 is 1. The van der Waals surface area contributed by atoms with E-state index in [-0.39, 0.29) is 6.79 Å². The molecule has 2 aromatic heterocycles. The molecule has 178 valence electrons. The van der Waals surface area contributed by atoms with Crippen molar-refractivity contribution in [3.63, 3.8) is 0 Å². The van der Waals surface area contributed by atoms with Crippen LogP contribution in [0.3, 0.4) is 0 Å². The predicted molar refractivity (Wildman–Crippen MR) is 155 cm³/mol. The molecule has 2 heterocycles. The molecule has 36 heavy (non-hydrogen) atoms. The summed E-state index contributed by atoms with van der Waals surface area (Å²) in [5.41, 5.74) is 6.30. The number of benzene rings is 4. The van der Waals surface area contributed by atoms with Gasteiger partial charge < -0.3 is 9.47 Å². The molecule has 0 saturated heterocycles. The molecule has 0 radical (unpaired) electrons. The zero-order valence-corrected chi connectivity index (χ0v) is 22.1. The van der Waals surface area contributed by atoms with Gasteiger partial charge in [0, 0.05) is 48.5 Å². The van der Waals surface area contributed by atoms with E-state index < -0.39 is 0 Å². The van der Waals surface area contributed by atoms with Gasteiger partial charge >= 0.3 is 0 Å². The van der Waals surface area contributed by atoms with Crippen molar-refractivity contribution >= 4 is 43.5 Å². The third-order valence-electron chi connectivity index (χ3n) is 6.65. The summed E-state index contributed by atoms with van der Waals surface area (Å²) in [5.74, 6) is 0.842. The highest BCUT2D eigenvalue weighted by atomic mass is 32.1. The molecule has 6 rings (SSSR count). The van der Waals surface area contributed by atoms with E-state index in [9.17, 15) is 0 Å². The van der Waals surface area contributed by atoms with Crippen LogP contribution in [-0.4, -0.2) is 13.9 Å². The number of thiophene rings is 2.